The molecule has 0 aliphatic heterocycles. The van der Waals surface area contributed by atoms with E-state index in [1.54, 1.807) is 12.1 Å². The molecule has 1 aromatic carbocycles. The Labute approximate surface area is 128 Å². The number of benzene rings is 1. The van der Waals surface area contributed by atoms with Crippen LogP contribution in [0.5, 0.6) is 0 Å². The molecule has 1 saturated carbocycles. The Kier molecular flexibility index (Phi) is 5.02. The van der Waals surface area contributed by atoms with E-state index in [0.29, 0.717) is 17.6 Å². The summed E-state index contributed by atoms with van der Waals surface area (Å²) in [6.07, 6.45) is 4.67. The highest BCUT2D eigenvalue weighted by Gasteiger charge is 2.25. The van der Waals surface area contributed by atoms with Crippen LogP contribution >= 0.6 is 15.9 Å². The van der Waals surface area contributed by atoms with Crippen molar-refractivity contribution in [3.05, 3.63) is 32.8 Å². The van der Waals surface area contributed by atoms with Crippen molar-refractivity contribution in [2.75, 3.05) is 5.32 Å². The van der Waals surface area contributed by atoms with Gasteiger partial charge >= 0.3 is 0 Å². The quantitative estimate of drug-likeness (QED) is 0.620. The maximum absolute atomic E-state index is 11.1. The average molecular weight is 341 g/mol. The minimum atomic E-state index is -0.324. The maximum atomic E-state index is 11.1. The third-order valence-electron chi connectivity index (χ3n) is 4.17. The van der Waals surface area contributed by atoms with Crippen LogP contribution in [-0.2, 0) is 0 Å². The third-order valence-corrected chi connectivity index (χ3v) is 4.67. The Morgan fingerprint density at radius 2 is 2.15 bits per heavy atom. The van der Waals surface area contributed by atoms with Gasteiger partial charge in [0.25, 0.3) is 5.69 Å². The molecule has 1 fully saturated rings. The molecule has 2 atom stereocenters. The first-order valence-corrected chi connectivity index (χ1v) is 7.97. The van der Waals surface area contributed by atoms with Crippen LogP contribution in [0.3, 0.4) is 0 Å². The van der Waals surface area contributed by atoms with Crippen molar-refractivity contribution in [2.45, 2.75) is 45.6 Å². The van der Waals surface area contributed by atoms with Gasteiger partial charge in [-0.15, -0.1) is 0 Å². The summed E-state index contributed by atoms with van der Waals surface area (Å²) in [6, 6.07) is 5.54. The number of halogens is 1. The Bertz CT molecular complexity index is 491. The Morgan fingerprint density at radius 1 is 1.40 bits per heavy atom. The molecular formula is C15H21BrN2O2. The predicted molar refractivity (Wildman–Crippen MR) is 85.0 cm³/mol. The molecule has 1 N–H and O–H groups in total. The van der Waals surface area contributed by atoms with E-state index in [4.69, 9.17) is 0 Å². The lowest BCUT2D eigenvalue weighted by molar-refractivity contribution is -0.384. The molecule has 0 radical (unpaired) electrons. The van der Waals surface area contributed by atoms with Crippen LogP contribution in [0.1, 0.15) is 39.5 Å². The first-order valence-electron chi connectivity index (χ1n) is 7.18. The van der Waals surface area contributed by atoms with E-state index in [1.165, 1.54) is 12.8 Å². The number of nitro benzene ring substituents is 1. The first kappa shape index (κ1) is 15.3. The van der Waals surface area contributed by atoms with Crippen LogP contribution in [-0.4, -0.2) is 11.0 Å². The summed E-state index contributed by atoms with van der Waals surface area (Å²) in [5, 5.41) is 14.5. The molecule has 0 bridgehead atoms. The molecular weight excluding hydrogens is 320 g/mol. The molecule has 110 valence electrons. The average Bonchev–Trinajstić information content (AvgIpc) is 2.41. The van der Waals surface area contributed by atoms with Gasteiger partial charge in [-0.05, 0) is 36.8 Å². The lowest BCUT2D eigenvalue weighted by Crippen LogP contribution is -2.29. The molecule has 2 unspecified atom stereocenters. The zero-order chi connectivity index (χ0) is 14.7. The number of nitrogens with one attached hydrogen (secondary N) is 1. The molecule has 1 aromatic rings. The van der Waals surface area contributed by atoms with Crippen LogP contribution in [0.25, 0.3) is 0 Å². The Hall–Kier alpha value is -1.10. The minimum absolute atomic E-state index is 0.144. The lowest BCUT2D eigenvalue weighted by Gasteiger charge is -2.32. The van der Waals surface area contributed by atoms with Crippen molar-refractivity contribution in [3.8, 4) is 0 Å². The Balaban J connectivity index is 2.11. The van der Waals surface area contributed by atoms with Crippen molar-refractivity contribution < 1.29 is 4.92 Å². The van der Waals surface area contributed by atoms with Crippen LogP contribution in [0.2, 0.25) is 0 Å². The van der Waals surface area contributed by atoms with E-state index in [9.17, 15) is 10.1 Å². The fraction of sp³-hybridized carbons (Fsp3) is 0.600. The summed E-state index contributed by atoms with van der Waals surface area (Å²) in [4.78, 5) is 10.8. The van der Waals surface area contributed by atoms with Crippen molar-refractivity contribution in [2.24, 2.45) is 11.8 Å². The van der Waals surface area contributed by atoms with E-state index in [0.717, 1.165) is 23.2 Å². The predicted octanol–water partition coefficient (Wildman–Crippen LogP) is 4.98. The molecule has 4 nitrogen and oxygen atoms in total. The van der Waals surface area contributed by atoms with Gasteiger partial charge in [0.05, 0.1) is 4.92 Å². The van der Waals surface area contributed by atoms with Crippen LogP contribution < -0.4 is 5.32 Å². The van der Waals surface area contributed by atoms with Gasteiger partial charge in [0.15, 0.2) is 0 Å². The molecule has 0 spiro atoms. The molecule has 0 saturated heterocycles. The van der Waals surface area contributed by atoms with Gasteiger partial charge < -0.3 is 5.32 Å². The summed E-state index contributed by atoms with van der Waals surface area (Å²) < 4.78 is 0.735. The SMILES string of the molecule is CC(C)C1CCCC(Nc2ccc(Br)cc2[N+](=O)[O-])C1. The van der Waals surface area contributed by atoms with Gasteiger partial charge in [0.2, 0.25) is 0 Å². The topological polar surface area (TPSA) is 55.2 Å². The highest BCUT2D eigenvalue weighted by atomic mass is 79.9. The van der Waals surface area contributed by atoms with Crippen LogP contribution in [0, 0.1) is 22.0 Å². The first-order chi connectivity index (χ1) is 9.47. The largest absolute Gasteiger partial charge is 0.377 e. The highest BCUT2D eigenvalue weighted by molar-refractivity contribution is 9.10. The molecule has 1 aliphatic carbocycles. The van der Waals surface area contributed by atoms with Crippen LogP contribution in [0.4, 0.5) is 11.4 Å². The van der Waals surface area contributed by atoms with E-state index in [2.05, 4.69) is 35.1 Å². The number of anilines is 1. The van der Waals surface area contributed by atoms with Crippen molar-refractivity contribution >= 4 is 27.3 Å². The fourth-order valence-electron chi connectivity index (χ4n) is 2.96. The van der Waals surface area contributed by atoms with Gasteiger partial charge in [-0.25, -0.2) is 0 Å². The van der Waals surface area contributed by atoms with Crippen LogP contribution in [0.15, 0.2) is 22.7 Å². The number of nitro groups is 1. The second-order valence-corrected chi connectivity index (χ2v) is 6.85. The second-order valence-electron chi connectivity index (χ2n) is 5.93. The molecule has 20 heavy (non-hydrogen) atoms. The van der Waals surface area contributed by atoms with Gasteiger partial charge in [0.1, 0.15) is 5.69 Å². The standard InChI is InChI=1S/C15H21BrN2O2/c1-10(2)11-4-3-5-13(8-11)17-14-7-6-12(16)9-15(14)18(19)20/h6-7,9-11,13,17H,3-5,8H2,1-2H3. The number of rotatable bonds is 4. The van der Waals surface area contributed by atoms with E-state index < -0.39 is 0 Å². The zero-order valence-corrected chi connectivity index (χ0v) is 13.5. The van der Waals surface area contributed by atoms with Gasteiger partial charge in [-0.1, -0.05) is 42.6 Å². The van der Waals surface area contributed by atoms with E-state index in [1.807, 2.05) is 6.07 Å². The second kappa shape index (κ2) is 6.57. The molecule has 0 heterocycles. The fourth-order valence-corrected chi connectivity index (χ4v) is 3.31. The summed E-state index contributed by atoms with van der Waals surface area (Å²) in [6.45, 7) is 4.52. The molecule has 0 aromatic heterocycles. The highest BCUT2D eigenvalue weighted by Crippen LogP contribution is 2.34. The van der Waals surface area contributed by atoms with Crippen molar-refractivity contribution in [3.63, 3.8) is 0 Å². The molecule has 1 aliphatic rings. The normalized spacial score (nSPS) is 22.8. The van der Waals surface area contributed by atoms with E-state index in [-0.39, 0.29) is 10.6 Å². The van der Waals surface area contributed by atoms with Gasteiger partial charge in [-0.3, -0.25) is 10.1 Å². The third kappa shape index (κ3) is 3.72. The summed E-state index contributed by atoms with van der Waals surface area (Å²) >= 11 is 3.29. The minimum Gasteiger partial charge on any atom is -0.377 e. The molecule has 5 heteroatoms. The summed E-state index contributed by atoms with van der Waals surface area (Å²) in [7, 11) is 0. The summed E-state index contributed by atoms with van der Waals surface area (Å²) in [5.41, 5.74) is 0.777. The number of nitrogens with zero attached hydrogens (tertiary/aromatic N) is 1. The monoisotopic (exact) mass is 340 g/mol. The Morgan fingerprint density at radius 3 is 2.80 bits per heavy atom. The molecule has 0 amide bonds. The smallest absolute Gasteiger partial charge is 0.293 e. The summed E-state index contributed by atoms with van der Waals surface area (Å²) in [5.74, 6) is 1.40. The van der Waals surface area contributed by atoms with Gasteiger partial charge in [0, 0.05) is 16.6 Å². The maximum Gasteiger partial charge on any atom is 0.293 e. The van der Waals surface area contributed by atoms with Crippen molar-refractivity contribution in [1.29, 1.82) is 0 Å². The molecule has 2 rings (SSSR count). The number of hydrogen-bond donors (Lipinski definition) is 1. The van der Waals surface area contributed by atoms with Gasteiger partial charge in [-0.2, -0.15) is 0 Å². The van der Waals surface area contributed by atoms with E-state index >= 15 is 0 Å². The number of hydrogen-bond acceptors (Lipinski definition) is 3. The lowest BCUT2D eigenvalue weighted by atomic mass is 9.79. The zero-order valence-electron chi connectivity index (χ0n) is 11.9. The van der Waals surface area contributed by atoms with Crippen molar-refractivity contribution in [1.82, 2.24) is 0 Å².